The highest BCUT2D eigenvalue weighted by Gasteiger charge is 2.03. The van der Waals surface area contributed by atoms with E-state index in [-0.39, 0.29) is 13.2 Å². The molecule has 2 aromatic carbocycles. The van der Waals surface area contributed by atoms with Gasteiger partial charge in [-0.1, -0.05) is 24.8 Å². The van der Waals surface area contributed by atoms with E-state index in [1.54, 1.807) is 19.1 Å². The second-order valence-electron chi connectivity index (χ2n) is 4.65. The Labute approximate surface area is 129 Å². The third-order valence-corrected chi connectivity index (χ3v) is 2.74. The number of carbonyl (C=O) groups is 1. The summed E-state index contributed by atoms with van der Waals surface area (Å²) in [5.41, 5.74) is 0.377. The Morgan fingerprint density at radius 2 is 1.50 bits per heavy atom. The number of carbonyl (C=O) groups excluding carboxylic acids is 1. The first-order chi connectivity index (χ1) is 10.6. The van der Waals surface area contributed by atoms with Crippen LogP contribution in [-0.4, -0.2) is 19.2 Å². The fourth-order valence-corrected chi connectivity index (χ4v) is 1.65. The molecule has 114 valence electrons. The molecule has 2 aromatic rings. The van der Waals surface area contributed by atoms with Gasteiger partial charge in [-0.25, -0.2) is 4.79 Å². The topological polar surface area (TPSA) is 44.8 Å². The van der Waals surface area contributed by atoms with Crippen LogP contribution in [0.2, 0.25) is 0 Å². The average Bonchev–Trinajstić information content (AvgIpc) is 2.53. The SMILES string of the molecule is C=C(C)C(=O)OCCOc1ccc(Oc2ccccc2)cc1. The monoisotopic (exact) mass is 298 g/mol. The molecule has 0 aliphatic heterocycles. The summed E-state index contributed by atoms with van der Waals surface area (Å²) >= 11 is 0. The lowest BCUT2D eigenvalue weighted by Crippen LogP contribution is -2.12. The van der Waals surface area contributed by atoms with E-state index >= 15 is 0 Å². The van der Waals surface area contributed by atoms with Crippen LogP contribution >= 0.6 is 0 Å². The molecule has 0 spiro atoms. The minimum absolute atomic E-state index is 0.188. The lowest BCUT2D eigenvalue weighted by Gasteiger charge is -2.09. The van der Waals surface area contributed by atoms with E-state index in [9.17, 15) is 4.79 Å². The van der Waals surface area contributed by atoms with Crippen LogP contribution in [0.5, 0.6) is 17.2 Å². The van der Waals surface area contributed by atoms with Crippen molar-refractivity contribution in [3.8, 4) is 17.2 Å². The minimum atomic E-state index is -0.407. The van der Waals surface area contributed by atoms with E-state index < -0.39 is 5.97 Å². The zero-order valence-electron chi connectivity index (χ0n) is 12.5. The first-order valence-electron chi connectivity index (χ1n) is 6.93. The first kappa shape index (κ1) is 15.6. The highest BCUT2D eigenvalue weighted by molar-refractivity contribution is 5.86. The van der Waals surface area contributed by atoms with E-state index in [1.165, 1.54) is 0 Å². The summed E-state index contributed by atoms with van der Waals surface area (Å²) in [5.74, 6) is 1.79. The fourth-order valence-electron chi connectivity index (χ4n) is 1.65. The van der Waals surface area contributed by atoms with Gasteiger partial charge in [0.25, 0.3) is 0 Å². The molecule has 4 heteroatoms. The number of esters is 1. The molecule has 2 rings (SSSR count). The third kappa shape index (κ3) is 4.98. The van der Waals surface area contributed by atoms with Gasteiger partial charge in [0.15, 0.2) is 0 Å². The molecular formula is C18H18O4. The summed E-state index contributed by atoms with van der Waals surface area (Å²) in [6, 6.07) is 16.8. The van der Waals surface area contributed by atoms with Crippen molar-refractivity contribution in [2.75, 3.05) is 13.2 Å². The van der Waals surface area contributed by atoms with Gasteiger partial charge in [-0.2, -0.15) is 0 Å². The molecule has 0 bridgehead atoms. The molecule has 0 amide bonds. The fraction of sp³-hybridized carbons (Fsp3) is 0.167. The molecule has 0 aromatic heterocycles. The largest absolute Gasteiger partial charge is 0.490 e. The lowest BCUT2D eigenvalue weighted by atomic mass is 10.3. The number of hydrogen-bond donors (Lipinski definition) is 0. The van der Waals surface area contributed by atoms with Gasteiger partial charge in [0.05, 0.1) is 0 Å². The standard InChI is InChI=1S/C18H18O4/c1-14(2)18(19)21-13-12-20-15-8-10-17(11-9-15)22-16-6-4-3-5-7-16/h3-11H,1,12-13H2,2H3. The Morgan fingerprint density at radius 1 is 0.909 bits per heavy atom. The van der Waals surface area contributed by atoms with E-state index in [0.29, 0.717) is 11.3 Å². The summed E-state index contributed by atoms with van der Waals surface area (Å²) < 4.78 is 16.1. The summed E-state index contributed by atoms with van der Waals surface area (Å²) in [4.78, 5) is 11.2. The predicted octanol–water partition coefficient (Wildman–Crippen LogP) is 3.98. The number of rotatable bonds is 7. The minimum Gasteiger partial charge on any atom is -0.490 e. The molecule has 0 unspecified atom stereocenters. The van der Waals surface area contributed by atoms with Crippen LogP contribution < -0.4 is 9.47 Å². The maximum absolute atomic E-state index is 11.2. The maximum Gasteiger partial charge on any atom is 0.333 e. The van der Waals surface area contributed by atoms with Gasteiger partial charge < -0.3 is 14.2 Å². The maximum atomic E-state index is 11.2. The van der Waals surface area contributed by atoms with E-state index in [0.717, 1.165) is 11.5 Å². The molecule has 0 saturated heterocycles. The van der Waals surface area contributed by atoms with Gasteiger partial charge in [0.1, 0.15) is 30.5 Å². The van der Waals surface area contributed by atoms with Crippen molar-refractivity contribution < 1.29 is 19.0 Å². The van der Waals surface area contributed by atoms with Crippen molar-refractivity contribution in [2.45, 2.75) is 6.92 Å². The molecule has 4 nitrogen and oxygen atoms in total. The lowest BCUT2D eigenvalue weighted by molar-refractivity contribution is -0.139. The van der Waals surface area contributed by atoms with Gasteiger partial charge in [-0.3, -0.25) is 0 Å². The highest BCUT2D eigenvalue weighted by atomic mass is 16.6. The molecule has 0 heterocycles. The van der Waals surface area contributed by atoms with Crippen LogP contribution in [0.15, 0.2) is 66.7 Å². The normalized spacial score (nSPS) is 9.86. The number of hydrogen-bond acceptors (Lipinski definition) is 4. The molecular weight excluding hydrogens is 280 g/mol. The summed E-state index contributed by atoms with van der Waals surface area (Å²) in [5, 5.41) is 0. The molecule has 0 atom stereocenters. The molecule has 0 saturated carbocycles. The van der Waals surface area contributed by atoms with Gasteiger partial charge in [-0.05, 0) is 43.3 Å². The summed E-state index contributed by atoms with van der Waals surface area (Å²) in [6.07, 6.45) is 0. The summed E-state index contributed by atoms with van der Waals surface area (Å²) in [7, 11) is 0. The van der Waals surface area contributed by atoms with Crippen molar-refractivity contribution in [2.24, 2.45) is 0 Å². The third-order valence-electron chi connectivity index (χ3n) is 2.74. The zero-order chi connectivity index (χ0) is 15.8. The smallest absolute Gasteiger partial charge is 0.333 e. The van der Waals surface area contributed by atoms with Crippen molar-refractivity contribution in [1.29, 1.82) is 0 Å². The number of ether oxygens (including phenoxy) is 3. The van der Waals surface area contributed by atoms with Crippen LogP contribution in [0.1, 0.15) is 6.92 Å². The summed E-state index contributed by atoms with van der Waals surface area (Å²) in [6.45, 7) is 5.59. The second kappa shape index (κ2) is 7.88. The van der Waals surface area contributed by atoms with Crippen molar-refractivity contribution in [3.05, 3.63) is 66.7 Å². The predicted molar refractivity (Wildman–Crippen MR) is 84.2 cm³/mol. The molecule has 0 aliphatic carbocycles. The first-order valence-corrected chi connectivity index (χ1v) is 6.93. The van der Waals surface area contributed by atoms with Gasteiger partial charge in [0.2, 0.25) is 0 Å². The van der Waals surface area contributed by atoms with Crippen LogP contribution in [0.4, 0.5) is 0 Å². The Bertz CT molecular complexity index is 617. The molecule has 0 aliphatic rings. The molecule has 0 fully saturated rings. The van der Waals surface area contributed by atoms with Gasteiger partial charge in [-0.15, -0.1) is 0 Å². The van der Waals surface area contributed by atoms with Crippen LogP contribution in [-0.2, 0) is 9.53 Å². The quantitative estimate of drug-likeness (QED) is 0.440. The Hall–Kier alpha value is -2.75. The van der Waals surface area contributed by atoms with E-state index in [2.05, 4.69) is 6.58 Å². The molecule has 22 heavy (non-hydrogen) atoms. The van der Waals surface area contributed by atoms with Crippen molar-refractivity contribution in [3.63, 3.8) is 0 Å². The molecule has 0 N–H and O–H groups in total. The van der Waals surface area contributed by atoms with Crippen LogP contribution in [0, 0.1) is 0 Å². The Kier molecular flexibility index (Phi) is 5.60. The van der Waals surface area contributed by atoms with E-state index in [1.807, 2.05) is 42.5 Å². The number of benzene rings is 2. The molecule has 0 radical (unpaired) electrons. The average molecular weight is 298 g/mol. The second-order valence-corrected chi connectivity index (χ2v) is 4.65. The Morgan fingerprint density at radius 3 is 2.14 bits per heavy atom. The van der Waals surface area contributed by atoms with Crippen LogP contribution in [0.25, 0.3) is 0 Å². The van der Waals surface area contributed by atoms with E-state index in [4.69, 9.17) is 14.2 Å². The van der Waals surface area contributed by atoms with Gasteiger partial charge >= 0.3 is 5.97 Å². The Balaban J connectivity index is 1.77. The highest BCUT2D eigenvalue weighted by Crippen LogP contribution is 2.23. The number of para-hydroxylation sites is 1. The van der Waals surface area contributed by atoms with Crippen LogP contribution in [0.3, 0.4) is 0 Å². The zero-order valence-corrected chi connectivity index (χ0v) is 12.5. The van der Waals surface area contributed by atoms with Crippen molar-refractivity contribution >= 4 is 5.97 Å². The van der Waals surface area contributed by atoms with Gasteiger partial charge in [0, 0.05) is 5.57 Å². The van der Waals surface area contributed by atoms with Crippen molar-refractivity contribution in [1.82, 2.24) is 0 Å².